The maximum Gasteiger partial charge on any atom is 0.309 e. The van der Waals surface area contributed by atoms with E-state index in [9.17, 15) is 14.0 Å². The zero-order valence-electron chi connectivity index (χ0n) is 21.5. The number of nitrogens with zero attached hydrogens (tertiary/aromatic N) is 4. The number of aryl methyl sites for hydroxylation is 2. The number of halogens is 2. The van der Waals surface area contributed by atoms with Gasteiger partial charge in [0, 0.05) is 67.3 Å². The molecule has 4 heterocycles. The van der Waals surface area contributed by atoms with E-state index >= 15 is 0 Å². The highest BCUT2D eigenvalue weighted by Crippen LogP contribution is 2.35. The van der Waals surface area contributed by atoms with Gasteiger partial charge in [-0.25, -0.2) is 9.37 Å². The fraction of sp³-hybridized carbons (Fsp3) is 0.556. The number of benzene rings is 1. The summed E-state index contributed by atoms with van der Waals surface area (Å²) in [5, 5.41) is 5.12. The molecule has 5 rings (SSSR count). The number of esters is 1. The van der Waals surface area contributed by atoms with Gasteiger partial charge in [0.05, 0.1) is 25.3 Å². The number of carbonyl (C=O) groups excluding carboxylic acids is 1. The summed E-state index contributed by atoms with van der Waals surface area (Å²) in [4.78, 5) is 30.0. The van der Waals surface area contributed by atoms with Gasteiger partial charge in [0.2, 0.25) is 6.73 Å². The number of rotatable bonds is 7. The Balaban J connectivity index is 0.00000320. The van der Waals surface area contributed by atoms with Crippen LogP contribution in [0.3, 0.4) is 0 Å². The smallest absolute Gasteiger partial charge is 0.309 e. The minimum absolute atomic E-state index is 0. The summed E-state index contributed by atoms with van der Waals surface area (Å²) in [6.07, 6.45) is 5.54. The number of hydrogen-bond acceptors (Lipinski definition) is 6. The number of quaternary nitrogens is 1. The standard InChI is InChI=1S/C27H34FN4O4.ClH/c1-3-25(33)35-17-32(15-11-21-18(2)29-24-6-4-5-12-31(24)27(21)34)13-9-19(10-14-32)26-22-8-7-20(28)16-23(22)36-30-26;/h7-8,16,19H,3-6,9-15,17H2,1-2H3;1H/q+1;/p-1. The molecule has 0 saturated carbocycles. The van der Waals surface area contributed by atoms with Crippen LogP contribution in [0.1, 0.15) is 67.7 Å². The van der Waals surface area contributed by atoms with Gasteiger partial charge in [-0.2, -0.15) is 0 Å². The second-order valence-electron chi connectivity index (χ2n) is 10.2. The van der Waals surface area contributed by atoms with E-state index in [1.807, 2.05) is 11.5 Å². The minimum atomic E-state index is -0.342. The van der Waals surface area contributed by atoms with E-state index in [-0.39, 0.29) is 35.7 Å². The number of fused-ring (bicyclic) bond motifs is 2. The lowest BCUT2D eigenvalue weighted by molar-refractivity contribution is -0.948. The SMILES string of the molecule is CCC(=O)OC[N+]1(CCc2c(C)nc3n(c2=O)CCCC3)CCC(c2noc3cc(F)ccc23)CC1.[Cl-]. The molecule has 1 fully saturated rings. The van der Waals surface area contributed by atoms with Crippen molar-refractivity contribution < 1.29 is 35.3 Å². The molecule has 0 atom stereocenters. The van der Waals surface area contributed by atoms with Gasteiger partial charge in [-0.3, -0.25) is 18.6 Å². The zero-order chi connectivity index (χ0) is 25.3. The molecule has 8 nitrogen and oxygen atoms in total. The zero-order valence-corrected chi connectivity index (χ0v) is 22.2. The maximum atomic E-state index is 13.6. The molecule has 10 heteroatoms. The maximum absolute atomic E-state index is 13.6. The number of carbonyl (C=O) groups is 1. The monoisotopic (exact) mass is 532 g/mol. The van der Waals surface area contributed by atoms with Gasteiger partial charge in [-0.1, -0.05) is 12.1 Å². The third-order valence-electron chi connectivity index (χ3n) is 7.96. The van der Waals surface area contributed by atoms with Gasteiger partial charge >= 0.3 is 5.97 Å². The van der Waals surface area contributed by atoms with E-state index < -0.39 is 0 Å². The number of piperidine rings is 1. The molecular weight excluding hydrogens is 499 g/mol. The van der Waals surface area contributed by atoms with E-state index in [2.05, 4.69) is 5.16 Å². The Labute approximate surface area is 221 Å². The highest BCUT2D eigenvalue weighted by atomic mass is 35.5. The Kier molecular flexibility index (Phi) is 8.33. The predicted molar refractivity (Wildman–Crippen MR) is 132 cm³/mol. The van der Waals surface area contributed by atoms with Crippen molar-refractivity contribution in [3.05, 3.63) is 57.1 Å². The average Bonchev–Trinajstić information content (AvgIpc) is 3.30. The van der Waals surface area contributed by atoms with E-state index in [0.717, 1.165) is 79.9 Å². The number of aromatic nitrogens is 3. The highest BCUT2D eigenvalue weighted by Gasteiger charge is 2.37. The van der Waals surface area contributed by atoms with E-state index in [1.165, 1.54) is 12.1 Å². The van der Waals surface area contributed by atoms with Crippen LogP contribution in [0.25, 0.3) is 11.0 Å². The van der Waals surface area contributed by atoms with Crippen molar-refractivity contribution in [3.8, 4) is 0 Å². The van der Waals surface area contributed by atoms with Gasteiger partial charge in [0.15, 0.2) is 5.58 Å². The van der Waals surface area contributed by atoms with Crippen molar-refractivity contribution in [2.75, 3.05) is 26.4 Å². The molecule has 0 bridgehead atoms. The van der Waals surface area contributed by atoms with Crippen LogP contribution in [0.15, 0.2) is 27.5 Å². The molecule has 0 amide bonds. The van der Waals surface area contributed by atoms with Crippen molar-refractivity contribution in [1.29, 1.82) is 0 Å². The second kappa shape index (κ2) is 11.3. The predicted octanol–water partition coefficient (Wildman–Crippen LogP) is 1.02. The van der Waals surface area contributed by atoms with Crippen LogP contribution in [0.4, 0.5) is 4.39 Å². The molecule has 0 unspecified atom stereocenters. The van der Waals surface area contributed by atoms with Crippen molar-refractivity contribution >= 4 is 16.9 Å². The van der Waals surface area contributed by atoms with Crippen LogP contribution in [-0.4, -0.2) is 51.5 Å². The molecule has 0 aliphatic carbocycles. The van der Waals surface area contributed by atoms with Crippen LogP contribution in [0, 0.1) is 12.7 Å². The molecule has 0 N–H and O–H groups in total. The first-order valence-corrected chi connectivity index (χ1v) is 13.0. The molecule has 2 aromatic heterocycles. The van der Waals surface area contributed by atoms with Crippen LogP contribution in [0.2, 0.25) is 0 Å². The molecule has 3 aromatic rings. The van der Waals surface area contributed by atoms with E-state index in [0.29, 0.717) is 36.2 Å². The van der Waals surface area contributed by atoms with Crippen molar-refractivity contribution in [2.24, 2.45) is 0 Å². The summed E-state index contributed by atoms with van der Waals surface area (Å²) in [6.45, 7) is 7.03. The first kappa shape index (κ1) is 27.3. The lowest BCUT2D eigenvalue weighted by Crippen LogP contribution is -3.00. The number of hydrogen-bond donors (Lipinski definition) is 0. The van der Waals surface area contributed by atoms with Crippen molar-refractivity contribution in [2.45, 2.75) is 71.3 Å². The lowest BCUT2D eigenvalue weighted by Gasteiger charge is -2.42. The van der Waals surface area contributed by atoms with Gasteiger partial charge < -0.3 is 21.7 Å². The van der Waals surface area contributed by atoms with Crippen LogP contribution >= 0.6 is 0 Å². The Hall–Kier alpha value is -2.78. The molecule has 1 saturated heterocycles. The Morgan fingerprint density at radius 2 is 2.05 bits per heavy atom. The fourth-order valence-corrected chi connectivity index (χ4v) is 5.71. The summed E-state index contributed by atoms with van der Waals surface area (Å²) in [6, 6.07) is 4.53. The highest BCUT2D eigenvalue weighted by molar-refractivity contribution is 5.79. The van der Waals surface area contributed by atoms with Gasteiger partial charge in [-0.05, 0) is 31.9 Å². The van der Waals surface area contributed by atoms with Crippen LogP contribution < -0.4 is 18.0 Å². The average molecular weight is 533 g/mol. The summed E-state index contributed by atoms with van der Waals surface area (Å²) in [5.41, 5.74) is 2.99. The van der Waals surface area contributed by atoms with Crippen molar-refractivity contribution in [1.82, 2.24) is 14.7 Å². The Bertz CT molecular complexity index is 1330. The normalized spacial score (nSPS) is 21.3. The molecule has 2 aliphatic heterocycles. The van der Waals surface area contributed by atoms with Gasteiger partial charge in [0.1, 0.15) is 11.6 Å². The molecule has 2 aliphatic rings. The molecular formula is C27H34ClFN4O4. The third kappa shape index (κ3) is 5.57. The molecule has 1 aromatic carbocycles. The van der Waals surface area contributed by atoms with Gasteiger partial charge in [-0.15, -0.1) is 0 Å². The quantitative estimate of drug-likeness (QED) is 0.333. The third-order valence-corrected chi connectivity index (χ3v) is 7.96. The van der Waals surface area contributed by atoms with Crippen molar-refractivity contribution in [3.63, 3.8) is 0 Å². The second-order valence-corrected chi connectivity index (χ2v) is 10.2. The molecule has 0 spiro atoms. The molecule has 37 heavy (non-hydrogen) atoms. The number of likely N-dealkylation sites (tertiary alicyclic amines) is 1. The largest absolute Gasteiger partial charge is 1.00 e. The van der Waals surface area contributed by atoms with Gasteiger partial charge in [0.25, 0.3) is 5.56 Å². The lowest BCUT2D eigenvalue weighted by atomic mass is 9.90. The van der Waals surface area contributed by atoms with E-state index in [1.54, 1.807) is 13.0 Å². The van der Waals surface area contributed by atoms with E-state index in [4.69, 9.17) is 14.2 Å². The van der Waals surface area contributed by atoms with Crippen LogP contribution in [-0.2, 0) is 28.9 Å². The topological polar surface area (TPSA) is 87.2 Å². The first-order valence-electron chi connectivity index (χ1n) is 13.0. The molecule has 200 valence electrons. The summed E-state index contributed by atoms with van der Waals surface area (Å²) >= 11 is 0. The van der Waals surface area contributed by atoms with Crippen LogP contribution in [0.5, 0.6) is 0 Å². The minimum Gasteiger partial charge on any atom is -1.00 e. The fourth-order valence-electron chi connectivity index (χ4n) is 5.71. The Morgan fingerprint density at radius 1 is 1.27 bits per heavy atom. The number of ether oxygens (including phenoxy) is 1. The summed E-state index contributed by atoms with van der Waals surface area (Å²) in [7, 11) is 0. The Morgan fingerprint density at radius 3 is 2.81 bits per heavy atom. The summed E-state index contributed by atoms with van der Waals surface area (Å²) in [5.74, 6) is 0.521. The molecule has 0 radical (unpaired) electrons. The first-order chi connectivity index (χ1) is 17.4. The summed E-state index contributed by atoms with van der Waals surface area (Å²) < 4.78 is 27.1.